The lowest BCUT2D eigenvalue weighted by molar-refractivity contribution is 0.591. The lowest BCUT2D eigenvalue weighted by Gasteiger charge is -2.10. The normalized spacial score (nSPS) is 14.3. The first-order valence-corrected chi connectivity index (χ1v) is 12.1. The molecule has 3 aromatic rings. The SMILES string of the molecule is CN=C(NS(=O)(=O)c1ccc(Cl)cc1)n1cc(C2=CCCC=C2)c(-c2ccc(Cl)cc2)n1. The molecule has 0 unspecified atom stereocenters. The first kappa shape index (κ1) is 22.3. The van der Waals surface area contributed by atoms with Gasteiger partial charge < -0.3 is 0 Å². The molecule has 1 N–H and O–H groups in total. The topological polar surface area (TPSA) is 76.3 Å². The Bertz CT molecular complexity index is 1320. The Labute approximate surface area is 196 Å². The van der Waals surface area contributed by atoms with Gasteiger partial charge in [0.1, 0.15) is 5.69 Å². The molecule has 0 amide bonds. The van der Waals surface area contributed by atoms with Gasteiger partial charge in [0.15, 0.2) is 0 Å². The predicted molar refractivity (Wildman–Crippen MR) is 130 cm³/mol. The first-order chi connectivity index (χ1) is 15.4. The molecule has 9 heteroatoms. The van der Waals surface area contributed by atoms with E-state index in [-0.39, 0.29) is 10.9 Å². The number of aliphatic imine (C=N–C) groups is 1. The van der Waals surface area contributed by atoms with Crippen LogP contribution in [0, 0.1) is 0 Å². The average Bonchev–Trinajstić information content (AvgIpc) is 3.24. The van der Waals surface area contributed by atoms with Crippen LogP contribution in [-0.4, -0.2) is 31.2 Å². The number of allylic oxidation sites excluding steroid dienone is 4. The summed E-state index contributed by atoms with van der Waals surface area (Å²) in [7, 11) is -2.38. The standard InChI is InChI=1S/C23H20Cl2N4O2S/c1-26-23(28-32(30,31)20-13-11-19(25)12-14-20)29-15-21(16-5-3-2-4-6-16)22(27-29)17-7-9-18(24)10-8-17/h3,5-15H,2,4H2,1H3,(H,26,28). The van der Waals surface area contributed by atoms with Crippen LogP contribution in [0.2, 0.25) is 10.0 Å². The van der Waals surface area contributed by atoms with Gasteiger partial charge in [0.25, 0.3) is 10.0 Å². The third kappa shape index (κ3) is 4.80. The Morgan fingerprint density at radius 2 is 1.69 bits per heavy atom. The van der Waals surface area contributed by atoms with Gasteiger partial charge in [-0.3, -0.25) is 4.99 Å². The summed E-state index contributed by atoms with van der Waals surface area (Å²) < 4.78 is 29.7. The molecule has 0 radical (unpaired) electrons. The number of rotatable bonds is 4. The highest BCUT2D eigenvalue weighted by Gasteiger charge is 2.21. The molecule has 0 spiro atoms. The van der Waals surface area contributed by atoms with Crippen molar-refractivity contribution in [2.24, 2.45) is 4.99 Å². The summed E-state index contributed by atoms with van der Waals surface area (Å²) in [5.41, 5.74) is 3.45. The van der Waals surface area contributed by atoms with Gasteiger partial charge in [-0.2, -0.15) is 5.10 Å². The summed E-state index contributed by atoms with van der Waals surface area (Å²) in [5, 5.41) is 5.74. The Morgan fingerprint density at radius 3 is 2.28 bits per heavy atom. The van der Waals surface area contributed by atoms with Crippen molar-refractivity contribution in [3.05, 3.63) is 88.6 Å². The van der Waals surface area contributed by atoms with Gasteiger partial charge in [-0.15, -0.1) is 0 Å². The Morgan fingerprint density at radius 1 is 1.03 bits per heavy atom. The number of nitrogens with zero attached hydrogens (tertiary/aromatic N) is 3. The molecule has 164 valence electrons. The number of hydrogen-bond acceptors (Lipinski definition) is 4. The van der Waals surface area contributed by atoms with Crippen molar-refractivity contribution in [2.45, 2.75) is 17.7 Å². The van der Waals surface area contributed by atoms with Crippen LogP contribution in [0.15, 0.2) is 82.8 Å². The van der Waals surface area contributed by atoms with Crippen molar-refractivity contribution in [2.75, 3.05) is 7.05 Å². The molecule has 6 nitrogen and oxygen atoms in total. The molecular formula is C23H20Cl2N4O2S. The largest absolute Gasteiger partial charge is 0.264 e. The third-order valence-corrected chi connectivity index (χ3v) is 6.76. The van der Waals surface area contributed by atoms with Gasteiger partial charge >= 0.3 is 0 Å². The summed E-state index contributed by atoms with van der Waals surface area (Å²) in [5.74, 6) is 0.0711. The maximum absolute atomic E-state index is 12.9. The van der Waals surface area contributed by atoms with Gasteiger partial charge in [0, 0.05) is 34.4 Å². The monoisotopic (exact) mass is 486 g/mol. The quantitative estimate of drug-likeness (QED) is 0.395. The maximum atomic E-state index is 12.9. The van der Waals surface area contributed by atoms with E-state index in [4.69, 9.17) is 23.2 Å². The van der Waals surface area contributed by atoms with Crippen LogP contribution in [0.3, 0.4) is 0 Å². The lowest BCUT2D eigenvalue weighted by atomic mass is 9.97. The van der Waals surface area contributed by atoms with E-state index in [1.807, 2.05) is 18.2 Å². The van der Waals surface area contributed by atoms with Crippen molar-refractivity contribution >= 4 is 44.8 Å². The number of sulfonamides is 1. The summed E-state index contributed by atoms with van der Waals surface area (Å²) in [6, 6.07) is 13.3. The van der Waals surface area contributed by atoms with Gasteiger partial charge in [-0.1, -0.05) is 53.6 Å². The molecule has 32 heavy (non-hydrogen) atoms. The molecular weight excluding hydrogens is 467 g/mol. The highest BCUT2D eigenvalue weighted by Crippen LogP contribution is 2.31. The number of aromatic nitrogens is 2. The summed E-state index contributed by atoms with van der Waals surface area (Å²) in [6.45, 7) is 0. The molecule has 0 fully saturated rings. The minimum atomic E-state index is -3.88. The number of benzene rings is 2. The zero-order chi connectivity index (χ0) is 22.7. The van der Waals surface area contributed by atoms with E-state index < -0.39 is 10.0 Å². The second-order valence-electron chi connectivity index (χ2n) is 7.09. The Kier molecular flexibility index (Phi) is 6.50. The van der Waals surface area contributed by atoms with Crippen LogP contribution in [-0.2, 0) is 10.0 Å². The van der Waals surface area contributed by atoms with E-state index in [0.717, 1.165) is 29.5 Å². The minimum Gasteiger partial charge on any atom is -0.254 e. The Balaban J connectivity index is 1.75. The van der Waals surface area contributed by atoms with Crippen LogP contribution < -0.4 is 4.72 Å². The second kappa shape index (κ2) is 9.32. The van der Waals surface area contributed by atoms with Crippen molar-refractivity contribution in [1.82, 2.24) is 14.5 Å². The minimum absolute atomic E-state index is 0.0711. The smallest absolute Gasteiger partial charge is 0.254 e. The number of nitrogens with one attached hydrogen (secondary N) is 1. The summed E-state index contributed by atoms with van der Waals surface area (Å²) >= 11 is 11.9. The van der Waals surface area contributed by atoms with Gasteiger partial charge in [0.2, 0.25) is 5.96 Å². The van der Waals surface area contributed by atoms with Gasteiger partial charge in [0.05, 0.1) is 4.90 Å². The van der Waals surface area contributed by atoms with E-state index >= 15 is 0 Å². The van der Waals surface area contributed by atoms with Crippen LogP contribution in [0.1, 0.15) is 18.4 Å². The van der Waals surface area contributed by atoms with E-state index in [0.29, 0.717) is 15.7 Å². The van der Waals surface area contributed by atoms with E-state index in [1.165, 1.54) is 36.0 Å². The molecule has 0 aliphatic heterocycles. The molecule has 1 heterocycles. The zero-order valence-corrected chi connectivity index (χ0v) is 19.5. The molecule has 0 saturated carbocycles. The van der Waals surface area contributed by atoms with Crippen LogP contribution in [0.25, 0.3) is 16.8 Å². The fourth-order valence-electron chi connectivity index (χ4n) is 3.32. The van der Waals surface area contributed by atoms with E-state index in [2.05, 4.69) is 27.0 Å². The molecule has 1 aromatic heterocycles. The first-order valence-electron chi connectivity index (χ1n) is 9.85. The van der Waals surface area contributed by atoms with Crippen LogP contribution in [0.5, 0.6) is 0 Å². The highest BCUT2D eigenvalue weighted by atomic mass is 35.5. The fraction of sp³-hybridized carbons (Fsp3) is 0.130. The number of halogens is 2. The van der Waals surface area contributed by atoms with Crippen molar-refractivity contribution in [3.63, 3.8) is 0 Å². The predicted octanol–water partition coefficient (Wildman–Crippen LogP) is 5.40. The van der Waals surface area contributed by atoms with Crippen molar-refractivity contribution in [1.29, 1.82) is 0 Å². The van der Waals surface area contributed by atoms with Gasteiger partial charge in [-0.05, 0) is 54.8 Å². The van der Waals surface area contributed by atoms with Crippen LogP contribution in [0.4, 0.5) is 0 Å². The maximum Gasteiger partial charge on any atom is 0.264 e. The molecule has 0 atom stereocenters. The molecule has 1 aliphatic rings. The van der Waals surface area contributed by atoms with E-state index in [1.54, 1.807) is 18.3 Å². The summed E-state index contributed by atoms with van der Waals surface area (Å²) in [6.07, 6.45) is 9.98. The third-order valence-electron chi connectivity index (χ3n) is 4.92. The van der Waals surface area contributed by atoms with E-state index in [9.17, 15) is 8.42 Å². The van der Waals surface area contributed by atoms with Crippen molar-refractivity contribution < 1.29 is 8.42 Å². The fourth-order valence-corrected chi connectivity index (χ4v) is 4.60. The van der Waals surface area contributed by atoms with Crippen molar-refractivity contribution in [3.8, 4) is 11.3 Å². The molecule has 0 saturated heterocycles. The van der Waals surface area contributed by atoms with Gasteiger partial charge in [-0.25, -0.2) is 17.8 Å². The zero-order valence-electron chi connectivity index (χ0n) is 17.2. The Hall–Kier alpha value is -2.87. The lowest BCUT2D eigenvalue weighted by Crippen LogP contribution is -2.36. The average molecular weight is 487 g/mol. The second-order valence-corrected chi connectivity index (χ2v) is 9.64. The molecule has 2 aromatic carbocycles. The van der Waals surface area contributed by atoms with Crippen LogP contribution >= 0.6 is 23.2 Å². The summed E-state index contributed by atoms with van der Waals surface area (Å²) in [4.78, 5) is 4.21. The molecule has 1 aliphatic carbocycles. The number of hydrogen-bond donors (Lipinski definition) is 1. The molecule has 4 rings (SSSR count). The molecule has 0 bridgehead atoms. The highest BCUT2D eigenvalue weighted by molar-refractivity contribution is 7.90.